The molecule has 0 aliphatic carbocycles. The number of carbonyl (C=O) groups excluding carboxylic acids is 1. The molecule has 0 bridgehead atoms. The van der Waals surface area contributed by atoms with Crippen molar-refractivity contribution < 1.29 is 19.4 Å². The number of carbonyl (C=O) groups is 1. The van der Waals surface area contributed by atoms with Gasteiger partial charge in [-0.3, -0.25) is 4.79 Å². The summed E-state index contributed by atoms with van der Waals surface area (Å²) in [5, 5.41) is 9.24. The molecule has 0 spiro atoms. The molecule has 0 radical (unpaired) electrons. The van der Waals surface area contributed by atoms with E-state index >= 15 is 0 Å². The summed E-state index contributed by atoms with van der Waals surface area (Å²) in [5.74, 6) is 1.24. The van der Waals surface area contributed by atoms with E-state index in [1.807, 2.05) is 30.0 Å². The first-order valence-electron chi connectivity index (χ1n) is 12.1. The summed E-state index contributed by atoms with van der Waals surface area (Å²) in [6.07, 6.45) is 4.58. The van der Waals surface area contributed by atoms with E-state index in [0.29, 0.717) is 44.0 Å². The Balaban J connectivity index is 1.91. The van der Waals surface area contributed by atoms with Crippen LogP contribution in [-0.2, 0) is 19.5 Å². The molecule has 5 nitrogen and oxygen atoms in total. The lowest BCUT2D eigenvalue weighted by Gasteiger charge is -2.21. The quantitative estimate of drug-likeness (QED) is 0.416. The summed E-state index contributed by atoms with van der Waals surface area (Å²) in [6.45, 7) is 12.7. The Morgan fingerprint density at radius 1 is 0.970 bits per heavy atom. The fraction of sp³-hybridized carbons (Fsp3) is 0.464. The third-order valence-corrected chi connectivity index (χ3v) is 5.96. The van der Waals surface area contributed by atoms with Crippen molar-refractivity contribution in [1.82, 2.24) is 4.90 Å². The number of unbranched alkanes of at least 4 members (excludes halogenated alkanes) is 2. The Morgan fingerprint density at radius 2 is 1.61 bits per heavy atom. The van der Waals surface area contributed by atoms with Crippen LogP contribution in [0.5, 0.6) is 11.5 Å². The van der Waals surface area contributed by atoms with Gasteiger partial charge in [0.25, 0.3) is 5.91 Å². The van der Waals surface area contributed by atoms with Crippen molar-refractivity contribution in [3.8, 4) is 11.5 Å². The number of benzene rings is 2. The van der Waals surface area contributed by atoms with Gasteiger partial charge in [-0.25, -0.2) is 0 Å². The summed E-state index contributed by atoms with van der Waals surface area (Å²) in [7, 11) is 0. The fourth-order valence-electron chi connectivity index (χ4n) is 4.00. The first kappa shape index (κ1) is 24.8. The highest BCUT2D eigenvalue weighted by atomic mass is 16.5. The lowest BCUT2D eigenvalue weighted by molar-refractivity contribution is 0.0746. The van der Waals surface area contributed by atoms with Crippen molar-refractivity contribution in [2.24, 2.45) is 0 Å². The van der Waals surface area contributed by atoms with Crippen molar-refractivity contribution in [3.05, 3.63) is 64.7 Å². The Hall–Kier alpha value is -2.79. The third-order valence-electron chi connectivity index (χ3n) is 5.96. The van der Waals surface area contributed by atoms with Gasteiger partial charge in [-0.2, -0.15) is 0 Å². The van der Waals surface area contributed by atoms with Gasteiger partial charge in [0.1, 0.15) is 11.5 Å². The number of amides is 1. The first-order chi connectivity index (χ1) is 16.0. The molecule has 0 aromatic heterocycles. The molecule has 1 aliphatic heterocycles. The van der Waals surface area contributed by atoms with Crippen molar-refractivity contribution >= 4 is 11.5 Å². The van der Waals surface area contributed by atoms with Crippen molar-refractivity contribution in [2.75, 3.05) is 19.8 Å². The number of aliphatic hydroxyl groups is 1. The molecule has 1 aliphatic rings. The molecule has 1 N–H and O–H groups in total. The predicted octanol–water partition coefficient (Wildman–Crippen LogP) is 5.77. The van der Waals surface area contributed by atoms with Crippen molar-refractivity contribution in [3.63, 3.8) is 0 Å². The second-order valence-electron chi connectivity index (χ2n) is 8.77. The maximum Gasteiger partial charge on any atom is 0.258 e. The number of allylic oxidation sites excluding steroid dienone is 1. The normalized spacial score (nSPS) is 12.5. The van der Waals surface area contributed by atoms with Gasteiger partial charge in [-0.15, -0.1) is 0 Å². The second kappa shape index (κ2) is 11.9. The molecule has 2 aromatic carbocycles. The third kappa shape index (κ3) is 6.17. The molecule has 5 heteroatoms. The largest absolute Gasteiger partial charge is 0.493 e. The minimum Gasteiger partial charge on any atom is -0.493 e. The minimum absolute atomic E-state index is 0.0518. The second-order valence-corrected chi connectivity index (χ2v) is 8.77. The molecule has 0 saturated heterocycles. The van der Waals surface area contributed by atoms with Crippen molar-refractivity contribution in [2.45, 2.75) is 66.0 Å². The smallest absolute Gasteiger partial charge is 0.258 e. The lowest BCUT2D eigenvalue weighted by atomic mass is 10.0. The summed E-state index contributed by atoms with van der Waals surface area (Å²) >= 11 is 0. The Labute approximate surface area is 198 Å². The van der Waals surface area contributed by atoms with Crippen LogP contribution in [0.25, 0.3) is 5.57 Å². The molecule has 178 valence electrons. The topological polar surface area (TPSA) is 59.0 Å². The molecule has 1 heterocycles. The number of aliphatic hydroxyl groups excluding tert-OH is 1. The van der Waals surface area contributed by atoms with Gasteiger partial charge in [0.05, 0.1) is 18.8 Å². The molecular weight excluding hydrogens is 414 g/mol. The van der Waals surface area contributed by atoms with Crippen LogP contribution in [-0.4, -0.2) is 35.7 Å². The van der Waals surface area contributed by atoms with Gasteiger partial charge in [0.15, 0.2) is 0 Å². The molecule has 1 amide bonds. The molecule has 0 saturated carbocycles. The first-order valence-corrected chi connectivity index (χ1v) is 12.1. The van der Waals surface area contributed by atoms with E-state index < -0.39 is 0 Å². The highest BCUT2D eigenvalue weighted by Crippen LogP contribution is 2.36. The van der Waals surface area contributed by atoms with Crippen LogP contribution in [0.3, 0.4) is 0 Å². The Bertz CT molecular complexity index is 982. The monoisotopic (exact) mass is 451 g/mol. The zero-order valence-corrected chi connectivity index (χ0v) is 20.3. The SMILES string of the molecule is C=C(C)c1cc(C(=O)N2Cc3ccc(CCO)cc3C2)c(OCCCC)cc1OCCCC. The fourth-order valence-corrected chi connectivity index (χ4v) is 4.00. The average molecular weight is 452 g/mol. The van der Waals surface area contributed by atoms with E-state index in [4.69, 9.17) is 9.47 Å². The maximum atomic E-state index is 13.7. The van der Waals surface area contributed by atoms with Gasteiger partial charge in [0, 0.05) is 31.3 Å². The number of hydrogen-bond acceptors (Lipinski definition) is 4. The van der Waals surface area contributed by atoms with E-state index in [9.17, 15) is 9.90 Å². The molecule has 0 atom stereocenters. The van der Waals surface area contributed by atoms with E-state index in [1.165, 1.54) is 0 Å². The van der Waals surface area contributed by atoms with Crippen LogP contribution in [0.15, 0.2) is 36.9 Å². The molecule has 2 aromatic rings. The van der Waals surface area contributed by atoms with Crippen LogP contribution in [0, 0.1) is 0 Å². The lowest BCUT2D eigenvalue weighted by Crippen LogP contribution is -2.26. The van der Waals surface area contributed by atoms with Crippen LogP contribution in [0.2, 0.25) is 0 Å². The summed E-state index contributed by atoms with van der Waals surface area (Å²) in [4.78, 5) is 15.5. The van der Waals surface area contributed by atoms with E-state index in [-0.39, 0.29) is 12.5 Å². The van der Waals surface area contributed by atoms with Crippen molar-refractivity contribution in [1.29, 1.82) is 0 Å². The van der Waals surface area contributed by atoms with Gasteiger partial charge in [-0.1, -0.05) is 51.5 Å². The van der Waals surface area contributed by atoms with Gasteiger partial charge < -0.3 is 19.5 Å². The average Bonchev–Trinajstić information content (AvgIpc) is 3.22. The summed E-state index contributed by atoms with van der Waals surface area (Å²) in [6, 6.07) is 9.94. The molecule has 3 rings (SSSR count). The van der Waals surface area contributed by atoms with Gasteiger partial charge in [0.2, 0.25) is 0 Å². The van der Waals surface area contributed by atoms with Crippen LogP contribution < -0.4 is 9.47 Å². The van der Waals surface area contributed by atoms with Gasteiger partial charge >= 0.3 is 0 Å². The highest BCUT2D eigenvalue weighted by Gasteiger charge is 2.28. The van der Waals surface area contributed by atoms with E-state index in [2.05, 4.69) is 32.6 Å². The number of ether oxygens (including phenoxy) is 2. The number of fused-ring (bicyclic) bond motifs is 1. The number of nitrogens with zero attached hydrogens (tertiary/aromatic N) is 1. The van der Waals surface area contributed by atoms with Crippen LogP contribution >= 0.6 is 0 Å². The minimum atomic E-state index is -0.0518. The molecule has 0 unspecified atom stereocenters. The summed E-state index contributed by atoms with van der Waals surface area (Å²) in [5.41, 5.74) is 5.64. The Kier molecular flexibility index (Phi) is 8.95. The number of hydrogen-bond donors (Lipinski definition) is 1. The van der Waals surface area contributed by atoms with E-state index in [0.717, 1.165) is 59.3 Å². The molecular formula is C28H37NO4. The molecule has 0 fully saturated rings. The van der Waals surface area contributed by atoms with Gasteiger partial charge in [-0.05, 0) is 54.5 Å². The number of rotatable bonds is 12. The Morgan fingerprint density at radius 3 is 2.21 bits per heavy atom. The van der Waals surface area contributed by atoms with Crippen LogP contribution in [0.4, 0.5) is 0 Å². The zero-order chi connectivity index (χ0) is 23.8. The maximum absolute atomic E-state index is 13.7. The standard InChI is InChI=1S/C28H37NO4/c1-5-7-13-32-26-17-27(33-14-8-6-2)25(16-24(26)20(3)4)28(31)29-18-22-10-9-21(11-12-30)15-23(22)19-29/h9-10,15-17,30H,3,5-8,11-14,18-19H2,1-2,4H3. The van der Waals surface area contributed by atoms with E-state index in [1.54, 1.807) is 0 Å². The highest BCUT2D eigenvalue weighted by molar-refractivity contribution is 5.98. The zero-order valence-electron chi connectivity index (χ0n) is 20.3. The van der Waals surface area contributed by atoms with Crippen LogP contribution in [0.1, 0.15) is 79.1 Å². The molecule has 33 heavy (non-hydrogen) atoms. The summed E-state index contributed by atoms with van der Waals surface area (Å²) < 4.78 is 12.1. The predicted molar refractivity (Wildman–Crippen MR) is 133 cm³/mol.